The largest absolute Gasteiger partial charge is 0.473 e. The maximum absolute atomic E-state index is 11.6. The topological polar surface area (TPSA) is 107 Å². The van der Waals surface area contributed by atoms with Crippen LogP contribution in [0, 0.1) is 0 Å². The summed E-state index contributed by atoms with van der Waals surface area (Å²) < 4.78 is 28.7. The van der Waals surface area contributed by atoms with Gasteiger partial charge in [0, 0.05) is 6.04 Å². The second-order valence-corrected chi connectivity index (χ2v) is 7.43. The van der Waals surface area contributed by atoms with Crippen LogP contribution in [0.2, 0.25) is 0 Å². The van der Waals surface area contributed by atoms with Crippen molar-refractivity contribution in [1.82, 2.24) is 9.97 Å². The van der Waals surface area contributed by atoms with Gasteiger partial charge in [-0.1, -0.05) is 0 Å². The van der Waals surface area contributed by atoms with Gasteiger partial charge in [0.25, 0.3) is 0 Å². The standard InChI is InChI=1S/C12H20N4O3S/c1-8(2)19-12-10(13)11(14-7-15-12)16-9-4-3-5-20(17,18)6-9/h7-9H,3-6,13H2,1-2H3,(H,14,15,16). The number of hydrogen-bond acceptors (Lipinski definition) is 7. The van der Waals surface area contributed by atoms with Crippen molar-refractivity contribution in [2.75, 3.05) is 22.6 Å². The molecule has 1 unspecified atom stereocenters. The maximum atomic E-state index is 11.6. The van der Waals surface area contributed by atoms with Crippen molar-refractivity contribution in [2.45, 2.75) is 38.8 Å². The molecule has 1 aliphatic rings. The SMILES string of the molecule is CC(C)Oc1ncnc(NC2CCCS(=O)(=O)C2)c1N. The fraction of sp³-hybridized carbons (Fsp3) is 0.667. The first kappa shape index (κ1) is 14.8. The Morgan fingerprint density at radius 1 is 1.45 bits per heavy atom. The number of anilines is 2. The van der Waals surface area contributed by atoms with E-state index >= 15 is 0 Å². The summed E-state index contributed by atoms with van der Waals surface area (Å²) in [4.78, 5) is 8.05. The van der Waals surface area contributed by atoms with E-state index in [-0.39, 0.29) is 23.7 Å². The number of sulfone groups is 1. The minimum Gasteiger partial charge on any atom is -0.473 e. The highest BCUT2D eigenvalue weighted by molar-refractivity contribution is 7.91. The molecule has 0 amide bonds. The number of nitrogens with zero attached hydrogens (tertiary/aromatic N) is 2. The van der Waals surface area contributed by atoms with Crippen molar-refractivity contribution in [3.63, 3.8) is 0 Å². The molecule has 2 rings (SSSR count). The summed E-state index contributed by atoms with van der Waals surface area (Å²) in [5, 5.41) is 3.08. The third kappa shape index (κ3) is 3.72. The molecule has 20 heavy (non-hydrogen) atoms. The van der Waals surface area contributed by atoms with E-state index in [4.69, 9.17) is 10.5 Å². The molecule has 0 aromatic carbocycles. The second kappa shape index (κ2) is 5.82. The Morgan fingerprint density at radius 3 is 2.85 bits per heavy atom. The lowest BCUT2D eigenvalue weighted by Crippen LogP contribution is -2.35. The molecule has 112 valence electrons. The number of ether oxygens (including phenoxy) is 1. The van der Waals surface area contributed by atoms with E-state index < -0.39 is 9.84 Å². The van der Waals surface area contributed by atoms with Crippen LogP contribution in [0.1, 0.15) is 26.7 Å². The zero-order chi connectivity index (χ0) is 14.8. The molecule has 1 atom stereocenters. The minimum absolute atomic E-state index is 0.0462. The van der Waals surface area contributed by atoms with E-state index in [1.165, 1.54) is 6.33 Å². The van der Waals surface area contributed by atoms with Crippen LogP contribution >= 0.6 is 0 Å². The molecule has 0 radical (unpaired) electrons. The van der Waals surface area contributed by atoms with E-state index in [0.29, 0.717) is 23.8 Å². The van der Waals surface area contributed by atoms with E-state index in [2.05, 4.69) is 15.3 Å². The average molecular weight is 300 g/mol. The van der Waals surface area contributed by atoms with Gasteiger partial charge in [-0.15, -0.1) is 0 Å². The lowest BCUT2D eigenvalue weighted by molar-refractivity contribution is 0.234. The molecule has 0 aliphatic carbocycles. The summed E-state index contributed by atoms with van der Waals surface area (Å²) in [5.74, 6) is 1.11. The fourth-order valence-electron chi connectivity index (χ4n) is 2.14. The molecule has 1 saturated heterocycles. The summed E-state index contributed by atoms with van der Waals surface area (Å²) >= 11 is 0. The van der Waals surface area contributed by atoms with Crippen molar-refractivity contribution in [2.24, 2.45) is 0 Å². The number of nitrogen functional groups attached to an aromatic ring is 1. The van der Waals surface area contributed by atoms with Crippen LogP contribution in [-0.2, 0) is 9.84 Å². The van der Waals surface area contributed by atoms with Crippen molar-refractivity contribution < 1.29 is 13.2 Å². The molecule has 0 bridgehead atoms. The lowest BCUT2D eigenvalue weighted by atomic mass is 10.2. The quantitative estimate of drug-likeness (QED) is 0.848. The van der Waals surface area contributed by atoms with Crippen molar-refractivity contribution in [3.05, 3.63) is 6.33 Å². The highest BCUT2D eigenvalue weighted by atomic mass is 32.2. The van der Waals surface area contributed by atoms with Crippen LogP contribution in [-0.4, -0.2) is 42.0 Å². The third-order valence-corrected chi connectivity index (χ3v) is 4.82. The lowest BCUT2D eigenvalue weighted by Gasteiger charge is -2.24. The molecule has 1 fully saturated rings. The highest BCUT2D eigenvalue weighted by Crippen LogP contribution is 2.27. The van der Waals surface area contributed by atoms with Crippen LogP contribution < -0.4 is 15.8 Å². The van der Waals surface area contributed by atoms with Gasteiger partial charge in [0.2, 0.25) is 5.88 Å². The molecule has 8 heteroatoms. The first-order chi connectivity index (χ1) is 9.37. The predicted octanol–water partition coefficient (Wildman–Crippen LogP) is 0.835. The molecule has 1 aromatic heterocycles. The Morgan fingerprint density at radius 2 is 2.20 bits per heavy atom. The molecule has 7 nitrogen and oxygen atoms in total. The van der Waals surface area contributed by atoms with Gasteiger partial charge >= 0.3 is 0 Å². The number of aromatic nitrogens is 2. The van der Waals surface area contributed by atoms with Gasteiger partial charge in [0.05, 0.1) is 17.6 Å². The van der Waals surface area contributed by atoms with Crippen molar-refractivity contribution >= 4 is 21.3 Å². The van der Waals surface area contributed by atoms with E-state index in [1.54, 1.807) is 0 Å². The minimum atomic E-state index is -2.97. The molecule has 2 heterocycles. The van der Waals surface area contributed by atoms with Crippen LogP contribution in [0.15, 0.2) is 6.33 Å². The number of rotatable bonds is 4. The predicted molar refractivity (Wildman–Crippen MR) is 77.5 cm³/mol. The Labute approximate surface area is 118 Å². The Kier molecular flexibility index (Phi) is 4.32. The molecular weight excluding hydrogens is 280 g/mol. The van der Waals surface area contributed by atoms with Gasteiger partial charge in [-0.25, -0.2) is 13.4 Å². The maximum Gasteiger partial charge on any atom is 0.242 e. The summed E-state index contributed by atoms with van der Waals surface area (Å²) in [6, 6.07) is -0.169. The molecule has 0 saturated carbocycles. The Hall–Kier alpha value is -1.57. The van der Waals surface area contributed by atoms with E-state index in [0.717, 1.165) is 6.42 Å². The van der Waals surface area contributed by atoms with E-state index in [1.807, 2.05) is 13.8 Å². The summed E-state index contributed by atoms with van der Waals surface area (Å²) in [5.41, 5.74) is 6.26. The second-order valence-electron chi connectivity index (χ2n) is 5.21. The van der Waals surface area contributed by atoms with Crippen LogP contribution in [0.4, 0.5) is 11.5 Å². The smallest absolute Gasteiger partial charge is 0.242 e. The number of hydrogen-bond donors (Lipinski definition) is 2. The Balaban J connectivity index is 2.13. The summed E-state index contributed by atoms with van der Waals surface area (Å²) in [6.07, 6.45) is 2.74. The van der Waals surface area contributed by atoms with Crippen molar-refractivity contribution in [1.29, 1.82) is 0 Å². The molecule has 1 aromatic rings. The van der Waals surface area contributed by atoms with Crippen LogP contribution in [0.25, 0.3) is 0 Å². The first-order valence-corrected chi connectivity index (χ1v) is 8.43. The first-order valence-electron chi connectivity index (χ1n) is 6.61. The molecule has 3 N–H and O–H groups in total. The van der Waals surface area contributed by atoms with Crippen LogP contribution in [0.5, 0.6) is 5.88 Å². The molecular formula is C12H20N4O3S. The summed E-state index contributed by atoms with van der Waals surface area (Å²) in [7, 11) is -2.97. The van der Waals surface area contributed by atoms with E-state index in [9.17, 15) is 8.42 Å². The third-order valence-electron chi connectivity index (χ3n) is 3.00. The monoisotopic (exact) mass is 300 g/mol. The zero-order valence-corrected chi connectivity index (χ0v) is 12.5. The van der Waals surface area contributed by atoms with Gasteiger partial charge in [-0.05, 0) is 26.7 Å². The van der Waals surface area contributed by atoms with Gasteiger partial charge in [0.15, 0.2) is 15.7 Å². The normalized spacial score (nSPS) is 21.6. The van der Waals surface area contributed by atoms with Gasteiger partial charge in [-0.3, -0.25) is 0 Å². The Bertz CT molecular complexity index is 574. The number of nitrogens with two attached hydrogens (primary N) is 1. The zero-order valence-electron chi connectivity index (χ0n) is 11.7. The van der Waals surface area contributed by atoms with Gasteiger partial charge in [0.1, 0.15) is 12.0 Å². The van der Waals surface area contributed by atoms with Gasteiger partial charge < -0.3 is 15.8 Å². The molecule has 0 spiro atoms. The van der Waals surface area contributed by atoms with Crippen LogP contribution in [0.3, 0.4) is 0 Å². The molecule has 1 aliphatic heterocycles. The average Bonchev–Trinajstić information content (AvgIpc) is 2.32. The fourth-order valence-corrected chi connectivity index (χ4v) is 3.78. The van der Waals surface area contributed by atoms with Gasteiger partial charge in [-0.2, -0.15) is 4.98 Å². The van der Waals surface area contributed by atoms with Crippen molar-refractivity contribution in [3.8, 4) is 5.88 Å². The highest BCUT2D eigenvalue weighted by Gasteiger charge is 2.25. The number of nitrogens with one attached hydrogen (secondary N) is 1. The summed E-state index contributed by atoms with van der Waals surface area (Å²) in [6.45, 7) is 3.75.